The van der Waals surface area contributed by atoms with Crippen LogP contribution in [0.2, 0.25) is 0 Å². The number of carbonyl (C=O) groups is 1. The summed E-state index contributed by atoms with van der Waals surface area (Å²) in [5.41, 5.74) is 6.96. The summed E-state index contributed by atoms with van der Waals surface area (Å²) in [6.07, 6.45) is 4.55. The van der Waals surface area contributed by atoms with Crippen LogP contribution < -0.4 is 10.5 Å². The average Bonchev–Trinajstić information content (AvgIpc) is 2.53. The van der Waals surface area contributed by atoms with E-state index in [4.69, 9.17) is 15.2 Å². The molecule has 1 saturated heterocycles. The lowest BCUT2D eigenvalue weighted by Gasteiger charge is -2.44. The number of fused-ring (bicyclic) bond motifs is 1. The van der Waals surface area contributed by atoms with E-state index in [0.29, 0.717) is 30.2 Å². The van der Waals surface area contributed by atoms with E-state index < -0.39 is 0 Å². The Kier molecular flexibility index (Phi) is 4.01. The largest absolute Gasteiger partial charge is 0.496 e. The highest BCUT2D eigenvalue weighted by atomic mass is 16.5. The van der Waals surface area contributed by atoms with Crippen LogP contribution in [0.25, 0.3) is 0 Å². The van der Waals surface area contributed by atoms with Gasteiger partial charge in [0.05, 0.1) is 25.9 Å². The van der Waals surface area contributed by atoms with E-state index >= 15 is 0 Å². The van der Waals surface area contributed by atoms with Gasteiger partial charge in [0.25, 0.3) is 5.91 Å². The summed E-state index contributed by atoms with van der Waals surface area (Å²) in [5, 5.41) is 0. The Morgan fingerprint density at radius 2 is 2.19 bits per heavy atom. The first-order chi connectivity index (χ1) is 10.2. The van der Waals surface area contributed by atoms with Crippen LogP contribution in [0.5, 0.6) is 5.75 Å². The summed E-state index contributed by atoms with van der Waals surface area (Å²) in [6.45, 7) is 1.22. The highest BCUT2D eigenvalue weighted by molar-refractivity contribution is 6.02. The first-order valence-electron chi connectivity index (χ1n) is 7.57. The predicted molar refractivity (Wildman–Crippen MR) is 80.4 cm³/mol. The Balaban J connectivity index is 1.90. The van der Waals surface area contributed by atoms with Crippen molar-refractivity contribution in [3.63, 3.8) is 0 Å². The van der Waals surface area contributed by atoms with Gasteiger partial charge in [-0.15, -0.1) is 0 Å². The number of carbonyl (C=O) groups excluding carboxylic acids is 1. The van der Waals surface area contributed by atoms with Gasteiger partial charge in [-0.2, -0.15) is 0 Å². The molecule has 5 heteroatoms. The van der Waals surface area contributed by atoms with E-state index in [0.717, 1.165) is 19.3 Å². The second-order valence-corrected chi connectivity index (χ2v) is 5.68. The Labute approximate surface area is 125 Å². The minimum atomic E-state index is -0.0369. The number of nitrogens with zero attached hydrogens (tertiary/aromatic N) is 1. The topological polar surface area (TPSA) is 64.8 Å². The summed E-state index contributed by atoms with van der Waals surface area (Å²) >= 11 is 0. The Bertz CT molecular complexity index is 530. The van der Waals surface area contributed by atoms with Crippen LogP contribution in [0.15, 0.2) is 18.2 Å². The quantitative estimate of drug-likeness (QED) is 0.847. The lowest BCUT2D eigenvalue weighted by Crippen LogP contribution is -2.54. The molecule has 3 rings (SSSR count). The number of hydrogen-bond acceptors (Lipinski definition) is 4. The second kappa shape index (κ2) is 5.93. The first kappa shape index (κ1) is 14.2. The Morgan fingerprint density at radius 1 is 1.38 bits per heavy atom. The third-order valence-electron chi connectivity index (χ3n) is 4.49. The summed E-state index contributed by atoms with van der Waals surface area (Å²) in [4.78, 5) is 14.9. The van der Waals surface area contributed by atoms with Crippen molar-refractivity contribution in [2.45, 2.75) is 37.8 Å². The van der Waals surface area contributed by atoms with E-state index in [1.807, 2.05) is 4.90 Å². The molecule has 0 radical (unpaired) electrons. The molecule has 0 aromatic heterocycles. The average molecular weight is 290 g/mol. The number of hydrogen-bond donors (Lipinski definition) is 1. The van der Waals surface area contributed by atoms with Gasteiger partial charge in [-0.1, -0.05) is 18.9 Å². The van der Waals surface area contributed by atoms with Crippen molar-refractivity contribution in [2.75, 3.05) is 26.0 Å². The summed E-state index contributed by atoms with van der Waals surface area (Å²) in [7, 11) is 1.56. The predicted octanol–water partition coefficient (Wildman–Crippen LogP) is 2.06. The van der Waals surface area contributed by atoms with Gasteiger partial charge in [-0.25, -0.2) is 0 Å². The fourth-order valence-electron chi connectivity index (χ4n) is 3.44. The van der Waals surface area contributed by atoms with Gasteiger partial charge in [-0.05, 0) is 25.0 Å². The minimum absolute atomic E-state index is 0.0369. The molecule has 114 valence electrons. The molecule has 1 aliphatic carbocycles. The van der Waals surface area contributed by atoms with Gasteiger partial charge in [0.1, 0.15) is 11.3 Å². The Hall–Kier alpha value is -1.75. The minimum Gasteiger partial charge on any atom is -0.496 e. The summed E-state index contributed by atoms with van der Waals surface area (Å²) in [5.74, 6) is 0.504. The van der Waals surface area contributed by atoms with Gasteiger partial charge in [0.2, 0.25) is 0 Å². The Morgan fingerprint density at radius 3 is 3.00 bits per heavy atom. The normalized spacial score (nSPS) is 25.3. The first-order valence-corrected chi connectivity index (χ1v) is 7.57. The number of morpholine rings is 1. The SMILES string of the molecule is COc1cccc(N)c1C(=O)N1CCOC2CCCCC21. The third-order valence-corrected chi connectivity index (χ3v) is 4.49. The molecule has 1 aliphatic heterocycles. The van der Waals surface area contributed by atoms with E-state index in [9.17, 15) is 4.79 Å². The second-order valence-electron chi connectivity index (χ2n) is 5.68. The molecule has 2 unspecified atom stereocenters. The van der Waals surface area contributed by atoms with Crippen LogP contribution in [0.1, 0.15) is 36.0 Å². The van der Waals surface area contributed by atoms with Crippen molar-refractivity contribution >= 4 is 11.6 Å². The van der Waals surface area contributed by atoms with E-state index in [2.05, 4.69) is 0 Å². The molecule has 1 amide bonds. The van der Waals surface area contributed by atoms with Crippen LogP contribution in [0.3, 0.4) is 0 Å². The fraction of sp³-hybridized carbons (Fsp3) is 0.562. The van der Waals surface area contributed by atoms with Crippen LogP contribution in [0, 0.1) is 0 Å². The molecule has 0 bridgehead atoms. The lowest BCUT2D eigenvalue weighted by molar-refractivity contribution is -0.0753. The third kappa shape index (κ3) is 2.58. The standard InChI is InChI=1S/C16H22N2O3/c1-20-14-8-4-5-11(17)15(14)16(19)18-9-10-21-13-7-3-2-6-12(13)18/h4-5,8,12-13H,2-3,6-7,9-10,17H2,1H3. The number of anilines is 1. The van der Waals surface area contributed by atoms with Crippen LogP contribution in [-0.4, -0.2) is 43.2 Å². The zero-order chi connectivity index (χ0) is 14.8. The molecular weight excluding hydrogens is 268 g/mol. The smallest absolute Gasteiger partial charge is 0.260 e. The van der Waals surface area contributed by atoms with Crippen LogP contribution in [0.4, 0.5) is 5.69 Å². The van der Waals surface area contributed by atoms with Crippen molar-refractivity contribution in [1.82, 2.24) is 4.90 Å². The highest BCUT2D eigenvalue weighted by Gasteiger charge is 2.38. The summed E-state index contributed by atoms with van der Waals surface area (Å²) in [6, 6.07) is 5.49. The zero-order valence-corrected chi connectivity index (χ0v) is 12.4. The van der Waals surface area contributed by atoms with Gasteiger partial charge in [-0.3, -0.25) is 4.79 Å². The maximum Gasteiger partial charge on any atom is 0.260 e. The van der Waals surface area contributed by atoms with Crippen molar-refractivity contribution in [3.8, 4) is 5.75 Å². The van der Waals surface area contributed by atoms with Gasteiger partial charge in [0, 0.05) is 12.2 Å². The number of rotatable bonds is 2. The molecule has 0 spiro atoms. The van der Waals surface area contributed by atoms with Gasteiger partial charge < -0.3 is 20.1 Å². The van der Waals surface area contributed by atoms with Crippen molar-refractivity contribution in [3.05, 3.63) is 23.8 Å². The number of ether oxygens (including phenoxy) is 2. The number of methoxy groups -OCH3 is 1. The van der Waals surface area contributed by atoms with Crippen LogP contribution in [-0.2, 0) is 4.74 Å². The van der Waals surface area contributed by atoms with Gasteiger partial charge >= 0.3 is 0 Å². The molecular formula is C16H22N2O3. The maximum absolute atomic E-state index is 13.0. The molecule has 2 aliphatic rings. The molecule has 1 aromatic carbocycles. The molecule has 1 heterocycles. The van der Waals surface area contributed by atoms with E-state index in [-0.39, 0.29) is 18.1 Å². The van der Waals surface area contributed by atoms with E-state index in [1.165, 1.54) is 6.42 Å². The number of amides is 1. The highest BCUT2D eigenvalue weighted by Crippen LogP contribution is 2.32. The maximum atomic E-state index is 13.0. The summed E-state index contributed by atoms with van der Waals surface area (Å²) < 4.78 is 11.1. The molecule has 5 nitrogen and oxygen atoms in total. The van der Waals surface area contributed by atoms with Crippen molar-refractivity contribution < 1.29 is 14.3 Å². The van der Waals surface area contributed by atoms with E-state index in [1.54, 1.807) is 25.3 Å². The zero-order valence-electron chi connectivity index (χ0n) is 12.4. The van der Waals surface area contributed by atoms with Crippen LogP contribution >= 0.6 is 0 Å². The molecule has 2 fully saturated rings. The van der Waals surface area contributed by atoms with Gasteiger partial charge in [0.15, 0.2) is 0 Å². The molecule has 1 saturated carbocycles. The molecule has 2 N–H and O–H groups in total. The fourth-order valence-corrected chi connectivity index (χ4v) is 3.44. The monoisotopic (exact) mass is 290 g/mol. The van der Waals surface area contributed by atoms with Crippen molar-refractivity contribution in [1.29, 1.82) is 0 Å². The molecule has 21 heavy (non-hydrogen) atoms. The number of nitrogen functional groups attached to an aromatic ring is 1. The molecule has 2 atom stereocenters. The van der Waals surface area contributed by atoms with Crippen molar-refractivity contribution in [2.24, 2.45) is 0 Å². The molecule has 1 aromatic rings. The lowest BCUT2D eigenvalue weighted by atomic mass is 9.89. The number of benzene rings is 1. The number of nitrogens with two attached hydrogens (primary N) is 1.